The summed E-state index contributed by atoms with van der Waals surface area (Å²) < 4.78 is 10.6. The molecule has 22 heavy (non-hydrogen) atoms. The molecule has 2 heterocycles. The molecule has 1 saturated heterocycles. The molecule has 1 atom stereocenters. The van der Waals surface area contributed by atoms with Crippen LogP contribution in [0.5, 0.6) is 5.75 Å². The van der Waals surface area contributed by atoms with E-state index in [4.69, 9.17) is 15.2 Å². The van der Waals surface area contributed by atoms with Gasteiger partial charge in [-0.3, -0.25) is 0 Å². The molecule has 3 N–H and O–H groups in total. The van der Waals surface area contributed by atoms with Crippen LogP contribution in [0.1, 0.15) is 27.2 Å². The highest BCUT2D eigenvalue weighted by Crippen LogP contribution is 2.30. The zero-order valence-corrected chi connectivity index (χ0v) is 13.5. The predicted octanol–water partition coefficient (Wildman–Crippen LogP) is 1.78. The van der Waals surface area contributed by atoms with Crippen LogP contribution in [0.3, 0.4) is 0 Å². The Kier molecular flexibility index (Phi) is 4.63. The highest BCUT2D eigenvalue weighted by Gasteiger charge is 2.28. The second-order valence-corrected chi connectivity index (χ2v) is 6.37. The fourth-order valence-corrected chi connectivity index (χ4v) is 2.38. The van der Waals surface area contributed by atoms with Gasteiger partial charge in [-0.05, 0) is 27.2 Å². The number of nitrogen functional groups attached to an aromatic ring is 1. The summed E-state index contributed by atoms with van der Waals surface area (Å²) in [5.41, 5.74) is 5.78. The van der Waals surface area contributed by atoms with Gasteiger partial charge in [0.1, 0.15) is 5.60 Å². The molecule has 1 aliphatic heterocycles. The van der Waals surface area contributed by atoms with Crippen molar-refractivity contribution in [3.8, 4) is 5.75 Å². The third-order valence-electron chi connectivity index (χ3n) is 3.28. The average Bonchev–Trinajstić information content (AvgIpc) is 2.84. The van der Waals surface area contributed by atoms with Crippen molar-refractivity contribution in [1.82, 2.24) is 10.3 Å². The Bertz CT molecular complexity index is 542. The normalized spacial score (nSPS) is 18.2. The molecule has 1 aliphatic rings. The zero-order chi connectivity index (χ0) is 16.3. The Morgan fingerprint density at radius 1 is 1.50 bits per heavy atom. The number of ether oxygens (including phenoxy) is 2. The number of methoxy groups -OCH3 is 1. The summed E-state index contributed by atoms with van der Waals surface area (Å²) in [6.45, 7) is 6.98. The third-order valence-corrected chi connectivity index (χ3v) is 3.28. The van der Waals surface area contributed by atoms with Gasteiger partial charge in [-0.1, -0.05) is 0 Å². The Morgan fingerprint density at radius 2 is 2.23 bits per heavy atom. The van der Waals surface area contributed by atoms with Gasteiger partial charge in [-0.25, -0.2) is 9.78 Å². The van der Waals surface area contributed by atoms with Crippen LogP contribution in [0.15, 0.2) is 12.3 Å². The van der Waals surface area contributed by atoms with E-state index in [2.05, 4.69) is 15.2 Å². The molecule has 0 aromatic carbocycles. The number of carbonyl (C=O) groups excluding carboxylic acids is 1. The molecule has 0 saturated carbocycles. The maximum absolute atomic E-state index is 11.8. The van der Waals surface area contributed by atoms with Crippen molar-refractivity contribution < 1.29 is 14.3 Å². The minimum absolute atomic E-state index is 0.0268. The number of rotatable bonds is 3. The quantitative estimate of drug-likeness (QED) is 0.884. The molecule has 1 fully saturated rings. The summed E-state index contributed by atoms with van der Waals surface area (Å²) in [4.78, 5) is 18.2. The van der Waals surface area contributed by atoms with Gasteiger partial charge in [-0.15, -0.1) is 0 Å². The lowest BCUT2D eigenvalue weighted by molar-refractivity contribution is 0.0509. The van der Waals surface area contributed by atoms with Gasteiger partial charge >= 0.3 is 6.09 Å². The minimum atomic E-state index is -0.496. The van der Waals surface area contributed by atoms with E-state index in [9.17, 15) is 4.79 Å². The summed E-state index contributed by atoms with van der Waals surface area (Å²) in [7, 11) is 1.59. The minimum Gasteiger partial charge on any atom is -0.493 e. The van der Waals surface area contributed by atoms with Crippen LogP contribution in [-0.2, 0) is 4.74 Å². The predicted molar refractivity (Wildman–Crippen MR) is 85.2 cm³/mol. The highest BCUT2D eigenvalue weighted by molar-refractivity contribution is 5.68. The topological polar surface area (TPSA) is 89.7 Å². The molecule has 7 nitrogen and oxygen atoms in total. The molecule has 0 radical (unpaired) electrons. The summed E-state index contributed by atoms with van der Waals surface area (Å²) in [6.07, 6.45) is 2.04. The molecule has 0 aliphatic carbocycles. The van der Waals surface area contributed by atoms with E-state index in [0.29, 0.717) is 18.0 Å². The van der Waals surface area contributed by atoms with Gasteiger partial charge in [0, 0.05) is 19.2 Å². The van der Waals surface area contributed by atoms with Crippen LogP contribution in [0, 0.1) is 0 Å². The molecule has 1 aromatic heterocycles. The van der Waals surface area contributed by atoms with Crippen molar-refractivity contribution in [3.63, 3.8) is 0 Å². The SMILES string of the molecule is COc1cc(N)cnc1N1CC[C@H](NC(=O)OC(C)(C)C)C1. The summed E-state index contributed by atoms with van der Waals surface area (Å²) in [5.74, 6) is 1.38. The van der Waals surface area contributed by atoms with Gasteiger partial charge in [0.2, 0.25) is 0 Å². The lowest BCUT2D eigenvalue weighted by atomic mass is 10.2. The maximum Gasteiger partial charge on any atom is 0.407 e. The van der Waals surface area contributed by atoms with E-state index in [1.54, 1.807) is 19.4 Å². The van der Waals surface area contributed by atoms with Gasteiger partial charge in [0.15, 0.2) is 11.6 Å². The lowest BCUT2D eigenvalue weighted by Crippen LogP contribution is -2.40. The molecular weight excluding hydrogens is 284 g/mol. The monoisotopic (exact) mass is 308 g/mol. The third kappa shape index (κ3) is 4.16. The zero-order valence-electron chi connectivity index (χ0n) is 13.5. The van der Waals surface area contributed by atoms with E-state index >= 15 is 0 Å². The highest BCUT2D eigenvalue weighted by atomic mass is 16.6. The fraction of sp³-hybridized carbons (Fsp3) is 0.600. The summed E-state index contributed by atoms with van der Waals surface area (Å²) in [6, 6.07) is 1.77. The Hall–Kier alpha value is -2.18. The first kappa shape index (κ1) is 16.2. The number of pyridine rings is 1. The number of nitrogens with zero attached hydrogens (tertiary/aromatic N) is 2. The van der Waals surface area contributed by atoms with E-state index in [1.165, 1.54) is 0 Å². The lowest BCUT2D eigenvalue weighted by Gasteiger charge is -2.22. The number of hydrogen-bond acceptors (Lipinski definition) is 6. The smallest absolute Gasteiger partial charge is 0.407 e. The van der Waals surface area contributed by atoms with E-state index in [-0.39, 0.29) is 6.04 Å². The number of alkyl carbamates (subject to hydrolysis) is 1. The van der Waals surface area contributed by atoms with Gasteiger partial charge < -0.3 is 25.4 Å². The van der Waals surface area contributed by atoms with Gasteiger partial charge in [-0.2, -0.15) is 0 Å². The number of aromatic nitrogens is 1. The first-order chi connectivity index (χ1) is 10.3. The number of amides is 1. The molecule has 2 rings (SSSR count). The molecule has 122 valence electrons. The molecular formula is C15H24N4O3. The van der Waals surface area contributed by atoms with Crippen molar-refractivity contribution in [3.05, 3.63) is 12.3 Å². The molecule has 0 unspecified atom stereocenters. The van der Waals surface area contributed by atoms with Crippen molar-refractivity contribution >= 4 is 17.6 Å². The fourth-order valence-electron chi connectivity index (χ4n) is 2.38. The Morgan fingerprint density at radius 3 is 2.86 bits per heavy atom. The van der Waals surface area contributed by atoms with Crippen LogP contribution < -0.4 is 20.7 Å². The molecule has 0 bridgehead atoms. The number of nitrogens with one attached hydrogen (secondary N) is 1. The number of anilines is 2. The molecule has 7 heteroatoms. The second kappa shape index (κ2) is 6.29. The van der Waals surface area contributed by atoms with Crippen LogP contribution in [0.4, 0.5) is 16.3 Å². The number of hydrogen-bond donors (Lipinski definition) is 2. The van der Waals surface area contributed by atoms with E-state index in [0.717, 1.165) is 18.8 Å². The van der Waals surface area contributed by atoms with Crippen LogP contribution >= 0.6 is 0 Å². The Labute approximate surface area is 130 Å². The van der Waals surface area contributed by atoms with Gasteiger partial charge in [0.05, 0.1) is 25.0 Å². The molecule has 1 aromatic rings. The van der Waals surface area contributed by atoms with E-state index in [1.807, 2.05) is 20.8 Å². The maximum atomic E-state index is 11.8. The van der Waals surface area contributed by atoms with Crippen LogP contribution in [0.25, 0.3) is 0 Å². The summed E-state index contributed by atoms with van der Waals surface area (Å²) >= 11 is 0. The van der Waals surface area contributed by atoms with Crippen molar-refractivity contribution in [1.29, 1.82) is 0 Å². The van der Waals surface area contributed by atoms with Crippen molar-refractivity contribution in [2.24, 2.45) is 0 Å². The summed E-state index contributed by atoms with van der Waals surface area (Å²) in [5, 5.41) is 2.89. The standard InChI is InChI=1S/C15H24N4O3/c1-15(2,3)22-14(20)18-11-5-6-19(9-11)13-12(21-4)7-10(16)8-17-13/h7-8,11H,5-6,9,16H2,1-4H3,(H,18,20)/t11-/m0/s1. The van der Waals surface area contributed by atoms with Crippen molar-refractivity contribution in [2.75, 3.05) is 30.8 Å². The van der Waals surface area contributed by atoms with Crippen molar-refractivity contribution in [2.45, 2.75) is 38.8 Å². The number of nitrogens with two attached hydrogens (primary N) is 1. The largest absolute Gasteiger partial charge is 0.493 e. The van der Waals surface area contributed by atoms with E-state index < -0.39 is 11.7 Å². The second-order valence-electron chi connectivity index (χ2n) is 6.37. The Balaban J connectivity index is 1.97. The first-order valence-corrected chi connectivity index (χ1v) is 7.32. The molecule has 0 spiro atoms. The van der Waals surface area contributed by atoms with Gasteiger partial charge in [0.25, 0.3) is 0 Å². The first-order valence-electron chi connectivity index (χ1n) is 7.32. The average molecular weight is 308 g/mol. The number of carbonyl (C=O) groups is 1. The van der Waals surface area contributed by atoms with Crippen LogP contribution in [0.2, 0.25) is 0 Å². The molecule has 1 amide bonds. The van der Waals surface area contributed by atoms with Crippen LogP contribution in [-0.4, -0.2) is 42.9 Å².